The van der Waals surface area contributed by atoms with E-state index in [9.17, 15) is 22.8 Å². The number of allylic oxidation sites excluding steroid dienone is 1. The van der Waals surface area contributed by atoms with Crippen LogP contribution < -0.4 is 10.6 Å². The molecule has 0 radical (unpaired) electrons. The van der Waals surface area contributed by atoms with Gasteiger partial charge in [-0.2, -0.15) is 13.2 Å². The summed E-state index contributed by atoms with van der Waals surface area (Å²) in [7, 11) is 0. The first kappa shape index (κ1) is 30.2. The lowest BCUT2D eigenvalue weighted by Gasteiger charge is -2.32. The highest BCUT2D eigenvalue weighted by molar-refractivity contribution is 6.33. The van der Waals surface area contributed by atoms with Crippen LogP contribution >= 0.6 is 11.6 Å². The van der Waals surface area contributed by atoms with E-state index in [1.807, 2.05) is 42.6 Å². The first-order valence-electron chi connectivity index (χ1n) is 13.9. The van der Waals surface area contributed by atoms with Gasteiger partial charge in [0.05, 0.1) is 16.9 Å². The number of H-pyrrole nitrogens is 1. The van der Waals surface area contributed by atoms with Crippen molar-refractivity contribution in [2.24, 2.45) is 0 Å². The van der Waals surface area contributed by atoms with Crippen molar-refractivity contribution in [3.8, 4) is 11.3 Å². The van der Waals surface area contributed by atoms with Crippen LogP contribution in [0.5, 0.6) is 0 Å². The Kier molecular flexibility index (Phi) is 9.42. The Morgan fingerprint density at radius 2 is 1.84 bits per heavy atom. The number of Topliss-reactive ketones (excluding diaryl/α,β-unsaturated/α-hetero) is 1. The molecule has 0 spiro atoms. The Bertz CT molecular complexity index is 1610. The molecule has 2 aromatic heterocycles. The summed E-state index contributed by atoms with van der Waals surface area (Å²) >= 11 is 6.47. The molecule has 0 aliphatic carbocycles. The number of nitrogens with zero attached hydrogens (tertiary/aromatic N) is 3. The highest BCUT2D eigenvalue weighted by Gasteiger charge is 2.36. The van der Waals surface area contributed by atoms with E-state index in [0.29, 0.717) is 22.4 Å². The van der Waals surface area contributed by atoms with Crippen LogP contribution in [0.25, 0.3) is 22.2 Å². The highest BCUT2D eigenvalue weighted by atomic mass is 35.5. The van der Waals surface area contributed by atoms with E-state index in [1.54, 1.807) is 18.3 Å². The van der Waals surface area contributed by atoms with Crippen LogP contribution in [0.3, 0.4) is 0 Å². The summed E-state index contributed by atoms with van der Waals surface area (Å²) in [5.74, 6) is -1.73. The van der Waals surface area contributed by atoms with E-state index in [1.165, 1.54) is 6.08 Å². The van der Waals surface area contributed by atoms with Crippen LogP contribution in [-0.2, 0) is 16.1 Å². The number of benzene rings is 2. The second-order valence-corrected chi connectivity index (χ2v) is 10.8. The molecule has 1 fully saturated rings. The van der Waals surface area contributed by atoms with E-state index in [0.717, 1.165) is 60.6 Å². The molecule has 43 heavy (non-hydrogen) atoms. The normalized spacial score (nSPS) is 14.8. The molecule has 1 saturated heterocycles. The summed E-state index contributed by atoms with van der Waals surface area (Å²) in [4.78, 5) is 37.7. The molecule has 1 aliphatic rings. The number of nitrogens with one attached hydrogen (secondary N) is 3. The number of likely N-dealkylation sites (tertiary alicyclic amines) is 1. The van der Waals surface area contributed by atoms with E-state index in [2.05, 4.69) is 25.5 Å². The summed E-state index contributed by atoms with van der Waals surface area (Å²) < 4.78 is 36.7. The monoisotopic (exact) mass is 610 g/mol. The van der Waals surface area contributed by atoms with Crippen LogP contribution in [0.1, 0.15) is 31.2 Å². The third-order valence-corrected chi connectivity index (χ3v) is 7.54. The van der Waals surface area contributed by atoms with Crippen molar-refractivity contribution in [3.05, 3.63) is 83.7 Å². The molecule has 0 saturated carbocycles. The fourth-order valence-corrected chi connectivity index (χ4v) is 5.19. The van der Waals surface area contributed by atoms with Gasteiger partial charge in [-0.15, -0.1) is 0 Å². The first-order valence-corrected chi connectivity index (χ1v) is 14.3. The van der Waals surface area contributed by atoms with Gasteiger partial charge in [0.1, 0.15) is 0 Å². The maximum atomic E-state index is 12.2. The molecule has 2 aromatic carbocycles. The Morgan fingerprint density at radius 1 is 1.09 bits per heavy atom. The summed E-state index contributed by atoms with van der Waals surface area (Å²) in [6.07, 6.45) is 2.09. The number of fused-ring (bicyclic) bond motifs is 1. The molecular weight excluding hydrogens is 581 g/mol. The standard InChI is InChI=1S/C31H30ClF3N6O2/c32-25-18-37-30(40-29(25)24-17-36-26-6-2-1-5-23(24)26)39-22-13-15-41(16-14-22)19-20-9-11-21(12-10-20)38-28(43)8-4-3-7-27(42)31(33,34)35/h1-2,4-6,8-12,17-18,22,36H,3,7,13-16,19H2,(H,38,43)(H,37,39,40)/b8-4+. The van der Waals surface area contributed by atoms with Crippen LogP contribution in [0.4, 0.5) is 24.8 Å². The molecule has 8 nitrogen and oxygen atoms in total. The molecule has 5 rings (SSSR count). The summed E-state index contributed by atoms with van der Waals surface area (Å²) in [6, 6.07) is 15.7. The molecule has 3 N–H and O–H groups in total. The van der Waals surface area contributed by atoms with Gasteiger partial charge in [-0.1, -0.05) is 48.0 Å². The van der Waals surface area contributed by atoms with Gasteiger partial charge in [-0.05, 0) is 49.1 Å². The fraction of sp³-hybridized carbons (Fsp3) is 0.290. The minimum absolute atomic E-state index is 0.157. The molecule has 0 bridgehead atoms. The number of carbonyl (C=O) groups is 2. The number of aromatic nitrogens is 3. The van der Waals surface area contributed by atoms with Crippen molar-refractivity contribution in [1.82, 2.24) is 19.9 Å². The number of amides is 1. The van der Waals surface area contributed by atoms with Crippen molar-refractivity contribution < 1.29 is 22.8 Å². The second kappa shape index (κ2) is 13.4. The molecule has 12 heteroatoms. The Labute approximate surface area is 251 Å². The van der Waals surface area contributed by atoms with Crippen LogP contribution in [-0.4, -0.2) is 56.8 Å². The number of alkyl halides is 3. The highest BCUT2D eigenvalue weighted by Crippen LogP contribution is 2.32. The minimum atomic E-state index is -4.85. The van der Waals surface area contributed by atoms with Gasteiger partial charge in [-0.25, -0.2) is 9.97 Å². The van der Waals surface area contributed by atoms with E-state index < -0.39 is 24.3 Å². The van der Waals surface area contributed by atoms with Gasteiger partial charge in [0.15, 0.2) is 0 Å². The predicted molar refractivity (Wildman–Crippen MR) is 161 cm³/mol. The van der Waals surface area contributed by atoms with Crippen molar-refractivity contribution in [2.75, 3.05) is 23.7 Å². The second-order valence-electron chi connectivity index (χ2n) is 10.4. The molecule has 3 heterocycles. The summed E-state index contributed by atoms with van der Waals surface area (Å²) in [6.45, 7) is 2.54. The van der Waals surface area contributed by atoms with Crippen LogP contribution in [0.2, 0.25) is 5.02 Å². The maximum absolute atomic E-state index is 12.2. The number of rotatable bonds is 10. The number of halogens is 4. The van der Waals surface area contributed by atoms with Crippen molar-refractivity contribution in [2.45, 2.75) is 44.4 Å². The van der Waals surface area contributed by atoms with Gasteiger partial charge in [-0.3, -0.25) is 14.5 Å². The van der Waals surface area contributed by atoms with Gasteiger partial charge in [0.25, 0.3) is 0 Å². The average molecular weight is 611 g/mol. The predicted octanol–water partition coefficient (Wildman–Crippen LogP) is 6.76. The van der Waals surface area contributed by atoms with Crippen LogP contribution in [0, 0.1) is 0 Å². The largest absolute Gasteiger partial charge is 0.449 e. The third-order valence-electron chi connectivity index (χ3n) is 7.26. The minimum Gasteiger partial charge on any atom is -0.360 e. The summed E-state index contributed by atoms with van der Waals surface area (Å²) in [5.41, 5.74) is 4.29. The Morgan fingerprint density at radius 3 is 2.58 bits per heavy atom. The molecule has 1 amide bonds. The van der Waals surface area contributed by atoms with Crippen molar-refractivity contribution in [3.63, 3.8) is 0 Å². The van der Waals surface area contributed by atoms with Crippen molar-refractivity contribution in [1.29, 1.82) is 0 Å². The molecule has 0 unspecified atom stereocenters. The van der Waals surface area contributed by atoms with Crippen LogP contribution in [0.15, 0.2) is 73.1 Å². The van der Waals surface area contributed by atoms with E-state index >= 15 is 0 Å². The molecule has 0 atom stereocenters. The lowest BCUT2D eigenvalue weighted by molar-refractivity contribution is -0.170. The van der Waals surface area contributed by atoms with E-state index in [4.69, 9.17) is 16.6 Å². The lowest BCUT2D eigenvalue weighted by atomic mass is 10.0. The lowest BCUT2D eigenvalue weighted by Crippen LogP contribution is -2.39. The van der Waals surface area contributed by atoms with Gasteiger partial charge in [0, 0.05) is 60.4 Å². The molecule has 1 aliphatic heterocycles. The number of anilines is 2. The SMILES string of the molecule is O=C(/C=C/CCC(=O)C(F)(F)F)Nc1ccc(CN2CCC(Nc3ncc(Cl)c(-c4c[nH]c5ccccc45)n3)CC2)cc1. The fourth-order valence-electron chi connectivity index (χ4n) is 4.99. The smallest absolute Gasteiger partial charge is 0.360 e. The zero-order chi connectivity index (χ0) is 30.4. The van der Waals surface area contributed by atoms with Crippen molar-refractivity contribution >= 4 is 45.8 Å². The van der Waals surface area contributed by atoms with E-state index in [-0.39, 0.29) is 12.5 Å². The number of ketones is 1. The molecule has 4 aromatic rings. The third kappa shape index (κ3) is 7.99. The Balaban J connectivity index is 1.08. The number of hydrogen-bond donors (Lipinski definition) is 3. The Hall–Kier alpha value is -4.22. The topological polar surface area (TPSA) is 103 Å². The first-order chi connectivity index (χ1) is 20.7. The average Bonchev–Trinajstić information content (AvgIpc) is 3.42. The number of hydrogen-bond acceptors (Lipinski definition) is 6. The number of piperidine rings is 1. The zero-order valence-corrected chi connectivity index (χ0v) is 23.9. The number of carbonyl (C=O) groups excluding carboxylic acids is 2. The zero-order valence-electron chi connectivity index (χ0n) is 23.1. The van der Waals surface area contributed by atoms with Gasteiger partial charge < -0.3 is 15.6 Å². The quantitative estimate of drug-likeness (QED) is 0.171. The molecule has 224 valence electrons. The number of para-hydroxylation sites is 1. The summed E-state index contributed by atoms with van der Waals surface area (Å²) in [5, 5.41) is 7.68. The van der Waals surface area contributed by atoms with Gasteiger partial charge in [0.2, 0.25) is 17.6 Å². The number of aromatic amines is 1. The van der Waals surface area contributed by atoms with Gasteiger partial charge >= 0.3 is 6.18 Å². The molecular formula is C31H30ClF3N6O2. The maximum Gasteiger partial charge on any atom is 0.449 e.